The van der Waals surface area contributed by atoms with Gasteiger partial charge >= 0.3 is 5.97 Å². The van der Waals surface area contributed by atoms with Crippen LogP contribution in [0.5, 0.6) is 0 Å². The van der Waals surface area contributed by atoms with Crippen LogP contribution in [0.15, 0.2) is 0 Å². The Morgan fingerprint density at radius 2 is 2.19 bits per heavy atom. The standard InChI is InChI=1S/C14H22N4O3/c19-13(20)8-18-12(7-10-1-4-15-5-2-10)16-14(17-18)11-3-6-21-9-11/h10-11,15H,1-9H2,(H,19,20)/t11-/m0/s1. The molecular formula is C14H22N4O3. The summed E-state index contributed by atoms with van der Waals surface area (Å²) < 4.78 is 6.95. The zero-order valence-corrected chi connectivity index (χ0v) is 12.1. The Morgan fingerprint density at radius 3 is 2.86 bits per heavy atom. The summed E-state index contributed by atoms with van der Waals surface area (Å²) in [4.78, 5) is 15.6. The van der Waals surface area contributed by atoms with E-state index in [0.717, 1.165) is 57.0 Å². The second-order valence-electron chi connectivity index (χ2n) is 5.90. The zero-order chi connectivity index (χ0) is 14.7. The van der Waals surface area contributed by atoms with Crippen LogP contribution in [0.4, 0.5) is 0 Å². The summed E-state index contributed by atoms with van der Waals surface area (Å²) in [5.41, 5.74) is 0. The molecule has 0 bridgehead atoms. The van der Waals surface area contributed by atoms with Crippen molar-refractivity contribution in [3.63, 3.8) is 0 Å². The van der Waals surface area contributed by atoms with E-state index in [1.807, 2.05) is 0 Å². The lowest BCUT2D eigenvalue weighted by Gasteiger charge is -2.21. The Balaban J connectivity index is 1.76. The van der Waals surface area contributed by atoms with Crippen LogP contribution < -0.4 is 5.32 Å². The molecule has 0 unspecified atom stereocenters. The third-order valence-electron chi connectivity index (χ3n) is 4.27. The first-order valence-electron chi connectivity index (χ1n) is 7.66. The molecule has 7 nitrogen and oxygen atoms in total. The molecule has 1 aromatic rings. The van der Waals surface area contributed by atoms with Gasteiger partial charge in [0, 0.05) is 18.9 Å². The molecule has 2 aliphatic rings. The fraction of sp³-hybridized carbons (Fsp3) is 0.786. The number of carboxylic acids is 1. The molecular weight excluding hydrogens is 272 g/mol. The van der Waals surface area contributed by atoms with E-state index in [2.05, 4.69) is 15.4 Å². The van der Waals surface area contributed by atoms with Crippen molar-refractivity contribution in [3.05, 3.63) is 11.6 Å². The predicted octanol–water partition coefficient (Wildman–Crippen LogP) is 0.409. The molecule has 116 valence electrons. The molecule has 3 heterocycles. The normalized spacial score (nSPS) is 23.5. The Labute approximate surface area is 123 Å². The minimum Gasteiger partial charge on any atom is -0.480 e. The number of carboxylic acid groups (broad SMARTS) is 1. The van der Waals surface area contributed by atoms with Gasteiger partial charge in [-0.1, -0.05) is 0 Å². The van der Waals surface area contributed by atoms with Crippen molar-refractivity contribution in [2.45, 2.75) is 38.1 Å². The van der Waals surface area contributed by atoms with E-state index in [-0.39, 0.29) is 12.5 Å². The Bertz CT molecular complexity index is 490. The van der Waals surface area contributed by atoms with Crippen LogP contribution in [0.3, 0.4) is 0 Å². The van der Waals surface area contributed by atoms with Crippen molar-refractivity contribution in [2.75, 3.05) is 26.3 Å². The van der Waals surface area contributed by atoms with Crippen LogP contribution in [0, 0.1) is 5.92 Å². The molecule has 2 N–H and O–H groups in total. The molecule has 2 fully saturated rings. The summed E-state index contributed by atoms with van der Waals surface area (Å²) in [5, 5.41) is 16.8. The number of hydrogen-bond donors (Lipinski definition) is 2. The van der Waals surface area contributed by atoms with E-state index in [1.165, 1.54) is 0 Å². The summed E-state index contributed by atoms with van der Waals surface area (Å²) in [6.07, 6.45) is 3.96. The van der Waals surface area contributed by atoms with E-state index in [9.17, 15) is 4.79 Å². The first kappa shape index (κ1) is 14.5. The number of carbonyl (C=O) groups is 1. The molecule has 2 aliphatic heterocycles. The molecule has 7 heteroatoms. The number of aliphatic carboxylic acids is 1. The van der Waals surface area contributed by atoms with Gasteiger partial charge in [-0.25, -0.2) is 9.67 Å². The van der Waals surface area contributed by atoms with Gasteiger partial charge < -0.3 is 15.2 Å². The van der Waals surface area contributed by atoms with E-state index in [4.69, 9.17) is 9.84 Å². The van der Waals surface area contributed by atoms with Crippen LogP contribution >= 0.6 is 0 Å². The highest BCUT2D eigenvalue weighted by Gasteiger charge is 2.25. The lowest BCUT2D eigenvalue weighted by Crippen LogP contribution is -2.29. The van der Waals surface area contributed by atoms with Crippen molar-refractivity contribution >= 4 is 5.97 Å². The third-order valence-corrected chi connectivity index (χ3v) is 4.27. The maximum Gasteiger partial charge on any atom is 0.325 e. The number of piperidine rings is 1. The maximum atomic E-state index is 11.0. The van der Waals surface area contributed by atoms with Crippen molar-refractivity contribution in [1.29, 1.82) is 0 Å². The van der Waals surface area contributed by atoms with Crippen LogP contribution in [0.2, 0.25) is 0 Å². The first-order chi connectivity index (χ1) is 10.2. The van der Waals surface area contributed by atoms with Gasteiger partial charge in [0.25, 0.3) is 0 Å². The molecule has 1 aromatic heterocycles. The molecule has 21 heavy (non-hydrogen) atoms. The van der Waals surface area contributed by atoms with Gasteiger partial charge in [-0.2, -0.15) is 5.10 Å². The number of nitrogens with zero attached hydrogens (tertiary/aromatic N) is 3. The summed E-state index contributed by atoms with van der Waals surface area (Å²) in [6.45, 7) is 3.33. The van der Waals surface area contributed by atoms with Gasteiger partial charge in [-0.15, -0.1) is 0 Å². The lowest BCUT2D eigenvalue weighted by molar-refractivity contribution is -0.137. The molecule has 0 amide bonds. The number of ether oxygens (including phenoxy) is 1. The highest BCUT2D eigenvalue weighted by atomic mass is 16.5. The van der Waals surface area contributed by atoms with Gasteiger partial charge in [-0.3, -0.25) is 4.79 Å². The topological polar surface area (TPSA) is 89.3 Å². The largest absolute Gasteiger partial charge is 0.480 e. The Kier molecular flexibility index (Phi) is 4.50. The average Bonchev–Trinajstić information content (AvgIpc) is 3.10. The van der Waals surface area contributed by atoms with E-state index >= 15 is 0 Å². The van der Waals surface area contributed by atoms with Crippen LogP contribution in [-0.2, 0) is 22.5 Å². The van der Waals surface area contributed by atoms with Crippen molar-refractivity contribution in [1.82, 2.24) is 20.1 Å². The van der Waals surface area contributed by atoms with Gasteiger partial charge in [0.2, 0.25) is 0 Å². The number of aromatic nitrogens is 3. The van der Waals surface area contributed by atoms with Crippen LogP contribution in [0.25, 0.3) is 0 Å². The fourth-order valence-electron chi connectivity index (χ4n) is 3.05. The number of rotatable bonds is 5. The second kappa shape index (κ2) is 6.53. The molecule has 0 aliphatic carbocycles. The third kappa shape index (κ3) is 3.59. The minimum absolute atomic E-state index is 0.110. The molecule has 1 atom stereocenters. The average molecular weight is 294 g/mol. The second-order valence-corrected chi connectivity index (χ2v) is 5.90. The molecule has 2 saturated heterocycles. The van der Waals surface area contributed by atoms with Crippen molar-refractivity contribution in [2.24, 2.45) is 5.92 Å². The van der Waals surface area contributed by atoms with E-state index in [1.54, 1.807) is 4.68 Å². The molecule has 0 aromatic carbocycles. The summed E-state index contributed by atoms with van der Waals surface area (Å²) in [5.74, 6) is 1.46. The van der Waals surface area contributed by atoms with E-state index in [0.29, 0.717) is 12.5 Å². The molecule has 0 spiro atoms. The minimum atomic E-state index is -0.874. The lowest BCUT2D eigenvalue weighted by atomic mass is 9.94. The highest BCUT2D eigenvalue weighted by molar-refractivity contribution is 5.66. The van der Waals surface area contributed by atoms with Gasteiger partial charge in [-0.05, 0) is 38.3 Å². The molecule has 0 saturated carbocycles. The Hall–Kier alpha value is -1.47. The smallest absolute Gasteiger partial charge is 0.325 e. The van der Waals surface area contributed by atoms with Crippen molar-refractivity contribution < 1.29 is 14.6 Å². The molecule has 0 radical (unpaired) electrons. The fourth-order valence-corrected chi connectivity index (χ4v) is 3.05. The number of nitrogens with one attached hydrogen (secondary N) is 1. The zero-order valence-electron chi connectivity index (χ0n) is 12.1. The number of hydrogen-bond acceptors (Lipinski definition) is 5. The molecule has 3 rings (SSSR count). The SMILES string of the molecule is O=C(O)Cn1nc([C@H]2CCOC2)nc1CC1CCNCC1. The summed E-state index contributed by atoms with van der Waals surface area (Å²) in [6, 6.07) is 0. The highest BCUT2D eigenvalue weighted by Crippen LogP contribution is 2.24. The summed E-state index contributed by atoms with van der Waals surface area (Å²) in [7, 11) is 0. The monoisotopic (exact) mass is 294 g/mol. The predicted molar refractivity (Wildman–Crippen MR) is 75.1 cm³/mol. The van der Waals surface area contributed by atoms with Gasteiger partial charge in [0.1, 0.15) is 12.4 Å². The van der Waals surface area contributed by atoms with E-state index < -0.39 is 5.97 Å². The maximum absolute atomic E-state index is 11.0. The summed E-state index contributed by atoms with van der Waals surface area (Å²) >= 11 is 0. The van der Waals surface area contributed by atoms with Crippen LogP contribution in [0.1, 0.15) is 36.8 Å². The van der Waals surface area contributed by atoms with Gasteiger partial charge in [0.05, 0.1) is 6.61 Å². The van der Waals surface area contributed by atoms with Crippen molar-refractivity contribution in [3.8, 4) is 0 Å². The van der Waals surface area contributed by atoms with Crippen LogP contribution in [-0.4, -0.2) is 52.1 Å². The Morgan fingerprint density at radius 1 is 1.38 bits per heavy atom. The first-order valence-corrected chi connectivity index (χ1v) is 7.66. The quantitative estimate of drug-likeness (QED) is 0.817. The van der Waals surface area contributed by atoms with Gasteiger partial charge in [0.15, 0.2) is 5.82 Å².